The van der Waals surface area contributed by atoms with Crippen molar-refractivity contribution in [3.63, 3.8) is 0 Å². The van der Waals surface area contributed by atoms with E-state index in [2.05, 4.69) is 28.2 Å². The zero-order valence-electron chi connectivity index (χ0n) is 12.7. The normalized spacial score (nSPS) is 14.1. The number of nitrogens with zero attached hydrogens (tertiary/aromatic N) is 3. The summed E-state index contributed by atoms with van der Waals surface area (Å²) in [6.07, 6.45) is 5.06. The first-order valence-electron chi connectivity index (χ1n) is 7.51. The Balaban J connectivity index is 1.77. The molecule has 0 unspecified atom stereocenters. The van der Waals surface area contributed by atoms with E-state index in [1.165, 1.54) is 16.9 Å². The molecule has 0 radical (unpaired) electrons. The lowest BCUT2D eigenvalue weighted by Crippen LogP contribution is -2.31. The largest absolute Gasteiger partial charge is 0.371 e. The van der Waals surface area contributed by atoms with Crippen molar-refractivity contribution in [2.24, 2.45) is 7.05 Å². The van der Waals surface area contributed by atoms with Gasteiger partial charge < -0.3 is 4.90 Å². The lowest BCUT2D eigenvalue weighted by molar-refractivity contribution is 0.101. The third kappa shape index (κ3) is 2.84. The van der Waals surface area contributed by atoms with Crippen LogP contribution in [0.25, 0.3) is 0 Å². The van der Waals surface area contributed by atoms with Gasteiger partial charge in [0.15, 0.2) is 5.78 Å². The molecule has 0 atom stereocenters. The van der Waals surface area contributed by atoms with Crippen LogP contribution in [0.4, 0.5) is 5.69 Å². The number of aromatic nitrogens is 2. The fourth-order valence-electron chi connectivity index (χ4n) is 3.02. The summed E-state index contributed by atoms with van der Waals surface area (Å²) in [6.45, 7) is 3.71. The molecule has 21 heavy (non-hydrogen) atoms. The minimum absolute atomic E-state index is 0.143. The van der Waals surface area contributed by atoms with Crippen molar-refractivity contribution in [1.82, 2.24) is 9.78 Å². The molecule has 4 heteroatoms. The number of fused-ring (bicyclic) bond motifs is 1. The van der Waals surface area contributed by atoms with Gasteiger partial charge in [-0.25, -0.2) is 0 Å². The predicted molar refractivity (Wildman–Crippen MR) is 83.9 cm³/mol. The molecule has 0 amide bonds. The number of rotatable bonds is 4. The van der Waals surface area contributed by atoms with Gasteiger partial charge in [-0.2, -0.15) is 5.10 Å². The molecule has 110 valence electrons. The first-order chi connectivity index (χ1) is 10.1. The highest BCUT2D eigenvalue weighted by Gasteiger charge is 2.18. The maximum Gasteiger partial charge on any atom is 0.159 e. The Labute approximate surface area is 125 Å². The summed E-state index contributed by atoms with van der Waals surface area (Å²) >= 11 is 0. The lowest BCUT2D eigenvalue weighted by Gasteiger charge is -2.31. The summed E-state index contributed by atoms with van der Waals surface area (Å²) in [5, 5.41) is 4.22. The average molecular weight is 283 g/mol. The molecule has 0 aliphatic carbocycles. The third-order valence-electron chi connectivity index (χ3n) is 4.26. The number of carbonyl (C=O) groups is 1. The Bertz CT molecular complexity index is 660. The molecule has 1 aliphatic heterocycles. The molecule has 3 rings (SSSR count). The summed E-state index contributed by atoms with van der Waals surface area (Å²) in [4.78, 5) is 13.9. The average Bonchev–Trinajstić information content (AvgIpc) is 2.89. The van der Waals surface area contributed by atoms with Gasteiger partial charge >= 0.3 is 0 Å². The van der Waals surface area contributed by atoms with Crippen LogP contribution < -0.4 is 4.90 Å². The molecular weight excluding hydrogens is 262 g/mol. The summed E-state index contributed by atoms with van der Waals surface area (Å²) in [6, 6.07) is 8.19. The third-order valence-corrected chi connectivity index (χ3v) is 4.26. The molecule has 2 aromatic rings. The Kier molecular flexibility index (Phi) is 3.78. The van der Waals surface area contributed by atoms with E-state index in [-0.39, 0.29) is 5.78 Å². The zero-order chi connectivity index (χ0) is 14.8. The fourth-order valence-corrected chi connectivity index (χ4v) is 3.02. The van der Waals surface area contributed by atoms with Gasteiger partial charge in [-0.1, -0.05) is 0 Å². The maximum atomic E-state index is 11.5. The molecule has 1 aliphatic rings. The van der Waals surface area contributed by atoms with E-state index in [4.69, 9.17) is 0 Å². The summed E-state index contributed by atoms with van der Waals surface area (Å²) in [7, 11) is 1.98. The lowest BCUT2D eigenvalue weighted by atomic mass is 9.98. The summed E-state index contributed by atoms with van der Waals surface area (Å²) < 4.78 is 1.93. The van der Waals surface area contributed by atoms with Gasteiger partial charge in [0.25, 0.3) is 0 Å². The zero-order valence-corrected chi connectivity index (χ0v) is 12.7. The van der Waals surface area contributed by atoms with Crippen LogP contribution in [0.5, 0.6) is 0 Å². The molecule has 0 saturated heterocycles. The predicted octanol–water partition coefficient (Wildman–Crippen LogP) is 2.62. The van der Waals surface area contributed by atoms with Crippen molar-refractivity contribution in [2.75, 3.05) is 18.0 Å². The van der Waals surface area contributed by atoms with Gasteiger partial charge in [0.1, 0.15) is 0 Å². The molecule has 2 heterocycles. The number of hydrogen-bond donors (Lipinski definition) is 0. The number of anilines is 1. The quantitative estimate of drug-likeness (QED) is 0.810. The molecule has 1 aromatic heterocycles. The topological polar surface area (TPSA) is 38.1 Å². The maximum absolute atomic E-state index is 11.5. The highest BCUT2D eigenvalue weighted by molar-refractivity contribution is 5.94. The van der Waals surface area contributed by atoms with Crippen molar-refractivity contribution in [3.05, 3.63) is 47.3 Å². The Morgan fingerprint density at radius 1 is 1.33 bits per heavy atom. The van der Waals surface area contributed by atoms with E-state index in [1.54, 1.807) is 6.92 Å². The monoisotopic (exact) mass is 283 g/mol. The summed E-state index contributed by atoms with van der Waals surface area (Å²) in [5.74, 6) is 0.143. The van der Waals surface area contributed by atoms with Crippen molar-refractivity contribution >= 4 is 11.5 Å². The molecule has 0 spiro atoms. The Morgan fingerprint density at radius 2 is 2.19 bits per heavy atom. The van der Waals surface area contributed by atoms with Gasteiger partial charge in [0, 0.05) is 49.7 Å². The van der Waals surface area contributed by atoms with E-state index in [0.717, 1.165) is 37.9 Å². The second-order valence-electron chi connectivity index (χ2n) is 5.69. The first kappa shape index (κ1) is 13.9. The van der Waals surface area contributed by atoms with E-state index in [0.29, 0.717) is 0 Å². The summed E-state index contributed by atoms with van der Waals surface area (Å²) in [5.41, 5.74) is 4.66. The second kappa shape index (κ2) is 5.72. The van der Waals surface area contributed by atoms with Gasteiger partial charge in [-0.05, 0) is 49.6 Å². The van der Waals surface area contributed by atoms with Crippen LogP contribution in [-0.4, -0.2) is 28.7 Å². The number of Topliss-reactive ketones (excluding diaryl/α,β-unsaturated/α-hetero) is 1. The standard InChI is InChI=1S/C17H21N3O/c1-13(21)14-5-6-17-15(12-14)4-3-10-20(17)11-8-16-7-9-18-19(16)2/h5-7,9,12H,3-4,8,10-11H2,1-2H3. The van der Waals surface area contributed by atoms with Crippen LogP contribution in [-0.2, 0) is 19.9 Å². The molecule has 0 N–H and O–H groups in total. The molecule has 0 bridgehead atoms. The molecule has 0 fully saturated rings. The minimum Gasteiger partial charge on any atom is -0.371 e. The number of aryl methyl sites for hydroxylation is 2. The first-order valence-corrected chi connectivity index (χ1v) is 7.51. The van der Waals surface area contributed by atoms with Crippen molar-refractivity contribution in [2.45, 2.75) is 26.2 Å². The van der Waals surface area contributed by atoms with Crippen LogP contribution in [0.3, 0.4) is 0 Å². The fraction of sp³-hybridized carbons (Fsp3) is 0.412. The van der Waals surface area contributed by atoms with Crippen molar-refractivity contribution in [3.8, 4) is 0 Å². The van der Waals surface area contributed by atoms with E-state index in [9.17, 15) is 4.79 Å². The second-order valence-corrected chi connectivity index (χ2v) is 5.69. The Morgan fingerprint density at radius 3 is 2.90 bits per heavy atom. The molecule has 0 saturated carbocycles. The number of ketones is 1. The van der Waals surface area contributed by atoms with Crippen molar-refractivity contribution in [1.29, 1.82) is 0 Å². The van der Waals surface area contributed by atoms with Gasteiger partial charge in [-0.15, -0.1) is 0 Å². The van der Waals surface area contributed by atoms with E-state index in [1.807, 2.05) is 24.0 Å². The highest BCUT2D eigenvalue weighted by Crippen LogP contribution is 2.28. The van der Waals surface area contributed by atoms with Crippen LogP contribution >= 0.6 is 0 Å². The van der Waals surface area contributed by atoms with Crippen LogP contribution in [0.1, 0.15) is 35.0 Å². The SMILES string of the molecule is CC(=O)c1ccc2c(c1)CCCN2CCc1ccnn1C. The minimum atomic E-state index is 0.143. The highest BCUT2D eigenvalue weighted by atomic mass is 16.1. The molecule has 1 aromatic carbocycles. The van der Waals surface area contributed by atoms with E-state index >= 15 is 0 Å². The van der Waals surface area contributed by atoms with Crippen LogP contribution in [0.2, 0.25) is 0 Å². The van der Waals surface area contributed by atoms with Gasteiger partial charge in [0.2, 0.25) is 0 Å². The van der Waals surface area contributed by atoms with Gasteiger partial charge in [0.05, 0.1) is 0 Å². The molecular formula is C17H21N3O. The molecule has 4 nitrogen and oxygen atoms in total. The number of benzene rings is 1. The number of hydrogen-bond acceptors (Lipinski definition) is 3. The van der Waals surface area contributed by atoms with Crippen LogP contribution in [0, 0.1) is 0 Å². The number of carbonyl (C=O) groups excluding carboxylic acids is 1. The van der Waals surface area contributed by atoms with Crippen molar-refractivity contribution < 1.29 is 4.79 Å². The Hall–Kier alpha value is -2.10. The smallest absolute Gasteiger partial charge is 0.159 e. The van der Waals surface area contributed by atoms with Crippen LogP contribution in [0.15, 0.2) is 30.5 Å². The van der Waals surface area contributed by atoms with E-state index < -0.39 is 0 Å². The van der Waals surface area contributed by atoms with Gasteiger partial charge in [-0.3, -0.25) is 9.48 Å².